The second kappa shape index (κ2) is 6.83. The normalized spacial score (nSPS) is 11.8. The number of benzene rings is 1. The topological polar surface area (TPSA) is 56.3 Å². The van der Waals surface area contributed by atoms with Crippen molar-refractivity contribution >= 4 is 27.7 Å². The largest absolute Gasteiger partial charge is 0.451 e. The van der Waals surface area contributed by atoms with Gasteiger partial charge in [0.2, 0.25) is 5.78 Å². The fourth-order valence-electron chi connectivity index (χ4n) is 1.94. The van der Waals surface area contributed by atoms with Gasteiger partial charge in [0.05, 0.1) is 5.56 Å². The first-order valence-corrected chi connectivity index (χ1v) is 7.61. The van der Waals surface area contributed by atoms with E-state index in [1.807, 2.05) is 26.0 Å². The maximum Gasteiger partial charge on any atom is 0.340 e. The first-order valence-electron chi connectivity index (χ1n) is 6.81. The standard InChI is InChI=1S/C17H16BrNO3/c1-10-4-5-13(6-11(10)2)16(20)12(3)22-17(21)14-7-15(18)9-19-8-14/h4-9,12H,1-3H3. The number of aromatic nitrogens is 1. The number of halogens is 1. The molecule has 2 aromatic rings. The van der Waals surface area contributed by atoms with Gasteiger partial charge in [0.25, 0.3) is 0 Å². The zero-order chi connectivity index (χ0) is 16.3. The minimum absolute atomic E-state index is 0.223. The highest BCUT2D eigenvalue weighted by molar-refractivity contribution is 9.10. The zero-order valence-corrected chi connectivity index (χ0v) is 14.2. The number of ether oxygens (including phenoxy) is 1. The van der Waals surface area contributed by atoms with Gasteiger partial charge in [0.15, 0.2) is 6.10 Å². The predicted octanol–water partition coefficient (Wildman–Crippen LogP) is 3.89. The molecule has 114 valence electrons. The van der Waals surface area contributed by atoms with Gasteiger partial charge < -0.3 is 4.74 Å². The summed E-state index contributed by atoms with van der Waals surface area (Å²) in [5, 5.41) is 0. The van der Waals surface area contributed by atoms with E-state index in [4.69, 9.17) is 4.74 Å². The summed E-state index contributed by atoms with van der Waals surface area (Å²) >= 11 is 3.24. The van der Waals surface area contributed by atoms with Crippen molar-refractivity contribution in [1.29, 1.82) is 0 Å². The van der Waals surface area contributed by atoms with E-state index in [0.29, 0.717) is 15.6 Å². The van der Waals surface area contributed by atoms with Gasteiger partial charge in [-0.3, -0.25) is 9.78 Å². The quantitative estimate of drug-likeness (QED) is 0.612. The zero-order valence-electron chi connectivity index (χ0n) is 12.6. The van der Waals surface area contributed by atoms with Crippen LogP contribution in [0.4, 0.5) is 0 Å². The number of hydrogen-bond acceptors (Lipinski definition) is 4. The minimum atomic E-state index is -0.853. The van der Waals surface area contributed by atoms with E-state index in [-0.39, 0.29) is 5.78 Å². The second-order valence-corrected chi connectivity index (χ2v) is 6.02. The number of esters is 1. The molecule has 0 saturated carbocycles. The monoisotopic (exact) mass is 361 g/mol. The van der Waals surface area contributed by atoms with Crippen molar-refractivity contribution in [2.24, 2.45) is 0 Å². The van der Waals surface area contributed by atoms with Gasteiger partial charge in [0, 0.05) is 22.4 Å². The Bertz CT molecular complexity index is 728. The van der Waals surface area contributed by atoms with Gasteiger partial charge in [-0.15, -0.1) is 0 Å². The SMILES string of the molecule is Cc1ccc(C(=O)C(C)OC(=O)c2cncc(Br)c2)cc1C. The Balaban J connectivity index is 2.11. The molecule has 0 aliphatic heterocycles. The van der Waals surface area contributed by atoms with Crippen LogP contribution in [-0.4, -0.2) is 22.8 Å². The molecule has 0 saturated heterocycles. The lowest BCUT2D eigenvalue weighted by Gasteiger charge is -2.13. The van der Waals surface area contributed by atoms with E-state index >= 15 is 0 Å². The van der Waals surface area contributed by atoms with Crippen molar-refractivity contribution in [3.8, 4) is 0 Å². The molecule has 0 spiro atoms. The highest BCUT2D eigenvalue weighted by Crippen LogP contribution is 2.15. The summed E-state index contributed by atoms with van der Waals surface area (Å²) in [6, 6.07) is 7.04. The van der Waals surface area contributed by atoms with E-state index in [1.165, 1.54) is 6.20 Å². The summed E-state index contributed by atoms with van der Waals surface area (Å²) in [6.45, 7) is 5.49. The maximum absolute atomic E-state index is 12.3. The van der Waals surface area contributed by atoms with Crippen LogP contribution in [0.3, 0.4) is 0 Å². The molecule has 1 heterocycles. The average Bonchev–Trinajstić information content (AvgIpc) is 2.49. The molecule has 1 aromatic heterocycles. The van der Waals surface area contributed by atoms with Crippen LogP contribution in [0, 0.1) is 13.8 Å². The van der Waals surface area contributed by atoms with Crippen LogP contribution in [0.15, 0.2) is 41.1 Å². The molecule has 0 N–H and O–H groups in total. The van der Waals surface area contributed by atoms with E-state index in [1.54, 1.807) is 25.3 Å². The molecule has 1 unspecified atom stereocenters. The number of nitrogens with zero attached hydrogens (tertiary/aromatic N) is 1. The molecule has 1 aromatic carbocycles. The van der Waals surface area contributed by atoms with E-state index in [2.05, 4.69) is 20.9 Å². The molecule has 0 aliphatic rings. The number of hydrogen-bond donors (Lipinski definition) is 0. The number of Topliss-reactive ketones (excluding diaryl/α,β-unsaturated/α-hetero) is 1. The van der Waals surface area contributed by atoms with Gasteiger partial charge in [-0.05, 0) is 60.0 Å². The number of aryl methyl sites for hydroxylation is 2. The van der Waals surface area contributed by atoms with Crippen molar-refractivity contribution < 1.29 is 14.3 Å². The fraction of sp³-hybridized carbons (Fsp3) is 0.235. The van der Waals surface area contributed by atoms with Crippen LogP contribution in [0.1, 0.15) is 38.8 Å². The van der Waals surface area contributed by atoms with Crippen molar-refractivity contribution in [2.45, 2.75) is 26.9 Å². The number of carbonyl (C=O) groups is 2. The minimum Gasteiger partial charge on any atom is -0.451 e. The van der Waals surface area contributed by atoms with E-state index in [9.17, 15) is 9.59 Å². The summed E-state index contributed by atoms with van der Waals surface area (Å²) in [6.07, 6.45) is 2.12. The summed E-state index contributed by atoms with van der Waals surface area (Å²) in [4.78, 5) is 28.3. The third-order valence-electron chi connectivity index (χ3n) is 3.39. The summed E-state index contributed by atoms with van der Waals surface area (Å²) < 4.78 is 5.90. The molecule has 1 atom stereocenters. The summed E-state index contributed by atoms with van der Waals surface area (Å²) in [5.41, 5.74) is 2.98. The van der Waals surface area contributed by atoms with Gasteiger partial charge in [0.1, 0.15) is 0 Å². The Labute approximate surface area is 137 Å². The van der Waals surface area contributed by atoms with E-state index in [0.717, 1.165) is 11.1 Å². The predicted molar refractivity (Wildman–Crippen MR) is 87.1 cm³/mol. The molecule has 4 nitrogen and oxygen atoms in total. The van der Waals surface area contributed by atoms with Crippen molar-refractivity contribution in [2.75, 3.05) is 0 Å². The van der Waals surface area contributed by atoms with Crippen LogP contribution < -0.4 is 0 Å². The molecule has 0 fully saturated rings. The van der Waals surface area contributed by atoms with Crippen LogP contribution in [-0.2, 0) is 4.74 Å². The smallest absolute Gasteiger partial charge is 0.340 e. The van der Waals surface area contributed by atoms with Crippen molar-refractivity contribution in [1.82, 2.24) is 4.98 Å². The Morgan fingerprint density at radius 1 is 1.09 bits per heavy atom. The lowest BCUT2D eigenvalue weighted by molar-refractivity contribution is 0.0318. The molecule has 0 aliphatic carbocycles. The van der Waals surface area contributed by atoms with E-state index < -0.39 is 12.1 Å². The Kier molecular flexibility index (Phi) is 5.08. The molecule has 22 heavy (non-hydrogen) atoms. The van der Waals surface area contributed by atoms with Gasteiger partial charge in [-0.1, -0.05) is 12.1 Å². The summed E-state index contributed by atoms with van der Waals surface area (Å²) in [7, 11) is 0. The van der Waals surface area contributed by atoms with Gasteiger partial charge >= 0.3 is 5.97 Å². The van der Waals surface area contributed by atoms with Crippen LogP contribution in [0.25, 0.3) is 0 Å². The van der Waals surface area contributed by atoms with Crippen LogP contribution in [0.2, 0.25) is 0 Å². The lowest BCUT2D eigenvalue weighted by atomic mass is 10.0. The Morgan fingerprint density at radius 3 is 2.45 bits per heavy atom. The average molecular weight is 362 g/mol. The molecule has 0 bridgehead atoms. The Morgan fingerprint density at radius 2 is 1.82 bits per heavy atom. The molecule has 5 heteroatoms. The highest BCUT2D eigenvalue weighted by atomic mass is 79.9. The number of rotatable bonds is 4. The van der Waals surface area contributed by atoms with Gasteiger partial charge in [-0.25, -0.2) is 4.79 Å². The van der Waals surface area contributed by atoms with Gasteiger partial charge in [-0.2, -0.15) is 0 Å². The number of carbonyl (C=O) groups excluding carboxylic acids is 2. The Hall–Kier alpha value is -2.01. The fourth-order valence-corrected chi connectivity index (χ4v) is 2.30. The first kappa shape index (κ1) is 16.4. The summed E-state index contributed by atoms with van der Waals surface area (Å²) in [5.74, 6) is -0.794. The van der Waals surface area contributed by atoms with Crippen LogP contribution in [0.5, 0.6) is 0 Å². The first-order chi connectivity index (χ1) is 10.4. The molecule has 0 radical (unpaired) electrons. The second-order valence-electron chi connectivity index (χ2n) is 5.10. The highest BCUT2D eigenvalue weighted by Gasteiger charge is 2.21. The molecular weight excluding hydrogens is 346 g/mol. The molecule has 0 amide bonds. The number of pyridine rings is 1. The molecular formula is C17H16BrNO3. The molecule has 2 rings (SSSR count). The third kappa shape index (κ3) is 3.80. The van der Waals surface area contributed by atoms with Crippen molar-refractivity contribution in [3.05, 3.63) is 63.4 Å². The lowest BCUT2D eigenvalue weighted by Crippen LogP contribution is -2.24. The van der Waals surface area contributed by atoms with Crippen LogP contribution >= 0.6 is 15.9 Å². The van der Waals surface area contributed by atoms with Crippen molar-refractivity contribution in [3.63, 3.8) is 0 Å². The maximum atomic E-state index is 12.3. The third-order valence-corrected chi connectivity index (χ3v) is 3.82. The number of ketones is 1.